The number of methoxy groups -OCH3 is 3. The molecule has 0 spiro atoms. The van der Waals surface area contributed by atoms with Crippen LogP contribution in [0, 0.1) is 54.8 Å². The fraction of sp³-hybridized carbons (Fsp3) is 0.191. The molecule has 0 unspecified atom stereocenters. The molecule has 0 amide bonds. The van der Waals surface area contributed by atoms with E-state index in [2.05, 4.69) is 149 Å². The van der Waals surface area contributed by atoms with Crippen LogP contribution in [-0.2, 0) is 0 Å². The molecule has 0 atom stereocenters. The van der Waals surface area contributed by atoms with Gasteiger partial charge in [0.1, 0.15) is 50.6 Å². The van der Waals surface area contributed by atoms with E-state index in [0.717, 1.165) is 24.0 Å². The Morgan fingerprint density at radius 3 is 1.13 bits per heavy atom. The van der Waals surface area contributed by atoms with Gasteiger partial charge in [-0.1, -0.05) is 63.0 Å². The summed E-state index contributed by atoms with van der Waals surface area (Å²) in [6.45, 7) is 13.1. The Labute approximate surface area is 484 Å². The van der Waals surface area contributed by atoms with Gasteiger partial charge in [-0.2, -0.15) is 15.0 Å². The summed E-state index contributed by atoms with van der Waals surface area (Å²) < 4.78 is 35.1. The summed E-state index contributed by atoms with van der Waals surface area (Å²) in [4.78, 5) is 23.2. The number of halogens is 3. The van der Waals surface area contributed by atoms with Crippen molar-refractivity contribution in [1.29, 1.82) is 0 Å². The van der Waals surface area contributed by atoms with Gasteiger partial charge in [-0.3, -0.25) is 0 Å². The first-order valence-corrected chi connectivity index (χ1v) is 29.3. The first-order valence-electron chi connectivity index (χ1n) is 20.1. The van der Waals surface area contributed by atoms with Gasteiger partial charge in [-0.25, -0.2) is 15.0 Å². The molecule has 0 fully saturated rings. The number of rotatable bonds is 9. The second kappa shape index (κ2) is 27.7. The number of aromatic nitrogens is 6. The van der Waals surface area contributed by atoms with Crippen molar-refractivity contribution in [2.45, 2.75) is 39.3 Å². The molecule has 6 aromatic rings. The molecular weight excluding hydrogens is 1200 g/mol. The second-order valence-electron chi connectivity index (χ2n) is 16.0. The van der Waals surface area contributed by atoms with Crippen LogP contribution in [-0.4, -0.2) is 67.4 Å². The molecule has 71 heavy (non-hydrogen) atoms. The van der Waals surface area contributed by atoms with E-state index < -0.39 is 16.1 Å². The van der Waals surface area contributed by atoms with Gasteiger partial charge in [0.15, 0.2) is 34.7 Å². The van der Waals surface area contributed by atoms with Crippen molar-refractivity contribution in [3.8, 4) is 99.4 Å². The molecule has 3 heterocycles. The van der Waals surface area contributed by atoms with Gasteiger partial charge in [0.25, 0.3) is 0 Å². The van der Waals surface area contributed by atoms with Crippen molar-refractivity contribution >= 4 is 96.6 Å². The summed E-state index contributed by atoms with van der Waals surface area (Å²) >= 11 is 4.34. The maximum absolute atomic E-state index is 5.89. The molecule has 3 aromatic heterocycles. The molecule has 0 aliphatic heterocycles. The maximum atomic E-state index is 5.89. The molecular formula is C47H50FI2KN12O6Si2. The number of anilines is 6. The number of benzene rings is 3. The van der Waals surface area contributed by atoms with Gasteiger partial charge in [-0.05, 0) is 57.3 Å². The molecule has 6 rings (SSSR count). The summed E-state index contributed by atoms with van der Waals surface area (Å²) in [7, 11) is 1.70. The van der Waals surface area contributed by atoms with Crippen LogP contribution in [0.2, 0.25) is 39.3 Å². The van der Waals surface area contributed by atoms with Crippen LogP contribution in [0.5, 0.6) is 51.7 Å². The minimum atomic E-state index is -1.54. The van der Waals surface area contributed by atoms with Crippen molar-refractivity contribution in [1.82, 2.24) is 29.9 Å². The molecule has 0 aliphatic rings. The van der Waals surface area contributed by atoms with Gasteiger partial charge >= 0.3 is 51.4 Å². The summed E-state index contributed by atoms with van der Waals surface area (Å²) in [5.41, 5.74) is 42.9. The quantitative estimate of drug-likeness (QED) is 0.0685. The third kappa shape index (κ3) is 18.7. The van der Waals surface area contributed by atoms with E-state index in [0.29, 0.717) is 51.4 Å². The van der Waals surface area contributed by atoms with Crippen LogP contribution in [0.3, 0.4) is 0 Å². The number of hydrogen-bond donors (Lipinski definition) is 6. The smallest absolute Gasteiger partial charge is 1.00 e. The molecule has 0 bridgehead atoms. The van der Waals surface area contributed by atoms with Crippen LogP contribution < -0.4 is 119 Å². The molecule has 364 valence electrons. The zero-order valence-corrected chi connectivity index (χ0v) is 50.0. The molecule has 12 N–H and O–H groups in total. The average Bonchev–Trinajstić information content (AvgIpc) is 3.28. The van der Waals surface area contributed by atoms with Gasteiger partial charge in [0.05, 0.1) is 69.3 Å². The normalized spacial score (nSPS) is 10.0. The first-order chi connectivity index (χ1) is 32.5. The minimum absolute atomic E-state index is 0. The number of ether oxygens (including phenoxy) is 6. The molecule has 0 saturated carbocycles. The second-order valence-corrected chi connectivity index (χ2v) is 27.9. The Balaban J connectivity index is 0.000000361. The Morgan fingerprint density at radius 1 is 0.451 bits per heavy atom. The van der Waals surface area contributed by atoms with E-state index >= 15 is 0 Å². The summed E-state index contributed by atoms with van der Waals surface area (Å²) in [5, 5.41) is 0. The largest absolute Gasteiger partial charge is 1.00 e. The van der Waals surface area contributed by atoms with E-state index in [4.69, 9.17) is 75.7 Å². The van der Waals surface area contributed by atoms with E-state index in [9.17, 15) is 0 Å². The molecule has 0 radical (unpaired) electrons. The number of terminal acetylenes is 2. The standard InChI is InChI=1S/2C16H19IN4O2Si.C15H12N4O2.FH.K/c1-22-13-7-10(5-6-24(2,3)4)12(8-11(13)17)23-14-9-20-16(19)21-15(14)18;1-22-12-8-11(17)13(7-10(12)5-6-24(2,3)4)23-14-9-20-16(19)21-15(14)18;1-4-9-7-12(10(5-2)6-11(9)20-3)21-13-8-18-15(17)19-14(13)16;;/h2*7-9H,1-4H3,(H4,18,19,20,21);1-2,6-8H,3H3,(H4,16,17,18,19);1H;/q;;;;+1/p-1. The third-order valence-corrected chi connectivity index (χ3v) is 11.8. The van der Waals surface area contributed by atoms with E-state index in [1.54, 1.807) is 26.4 Å². The third-order valence-electron chi connectivity index (χ3n) is 8.33. The van der Waals surface area contributed by atoms with Crippen LogP contribution >= 0.6 is 45.2 Å². The predicted octanol–water partition coefficient (Wildman–Crippen LogP) is 1.96. The monoisotopic (exact) mass is 1250 g/mol. The number of nitrogens with two attached hydrogens (primary N) is 6. The van der Waals surface area contributed by atoms with Crippen LogP contribution in [0.1, 0.15) is 22.3 Å². The minimum Gasteiger partial charge on any atom is -1.00 e. The Bertz CT molecular complexity index is 3090. The predicted molar refractivity (Wildman–Crippen MR) is 294 cm³/mol. The average molecular weight is 1250 g/mol. The number of nitrogens with zero attached hydrogens (tertiary/aromatic N) is 6. The molecule has 0 saturated heterocycles. The summed E-state index contributed by atoms with van der Waals surface area (Å²) in [6.07, 6.45) is 15.1. The van der Waals surface area contributed by atoms with Crippen molar-refractivity contribution < 1.29 is 84.5 Å². The summed E-state index contributed by atoms with van der Waals surface area (Å²) in [6, 6.07) is 10.6. The van der Waals surface area contributed by atoms with E-state index in [1.165, 1.54) is 25.7 Å². The Hall–Kier alpha value is -5.80. The van der Waals surface area contributed by atoms with Crippen molar-refractivity contribution in [2.24, 2.45) is 0 Å². The molecule has 18 nitrogen and oxygen atoms in total. The summed E-state index contributed by atoms with van der Waals surface area (Å²) in [5.74, 6) is 16.5. The van der Waals surface area contributed by atoms with Crippen molar-refractivity contribution in [2.75, 3.05) is 55.7 Å². The van der Waals surface area contributed by atoms with Gasteiger partial charge < -0.3 is 67.5 Å². The SMILES string of the molecule is C#Cc1cc(Oc2cnc(N)nc2N)c(C#C)cc1OC.COc1cc(C#C[Si](C)(C)C)c(Oc2cnc(N)nc2N)cc1I.COc1cc(I)c(Oc2cnc(N)nc2N)cc1C#C[Si](C)(C)C.[F-].[K+]. The van der Waals surface area contributed by atoms with Gasteiger partial charge in [0, 0.05) is 24.3 Å². The Morgan fingerprint density at radius 2 is 0.746 bits per heavy atom. The van der Waals surface area contributed by atoms with Crippen molar-refractivity contribution in [3.63, 3.8) is 0 Å². The van der Waals surface area contributed by atoms with Gasteiger partial charge in [0.2, 0.25) is 17.8 Å². The molecule has 24 heteroatoms. The molecule has 3 aromatic carbocycles. The van der Waals surface area contributed by atoms with Crippen LogP contribution in [0.15, 0.2) is 55.0 Å². The van der Waals surface area contributed by atoms with Crippen molar-refractivity contribution in [3.05, 3.63) is 84.4 Å². The zero-order valence-electron chi connectivity index (χ0n) is 40.6. The molecule has 0 aliphatic carbocycles. The van der Waals surface area contributed by atoms with E-state index in [1.807, 2.05) is 24.3 Å². The zero-order chi connectivity index (χ0) is 51.2. The maximum Gasteiger partial charge on any atom is 1.00 e. The number of hydrogen-bond acceptors (Lipinski definition) is 18. The Kier molecular flexibility index (Phi) is 23.9. The number of nitrogen functional groups attached to an aromatic ring is 6. The first kappa shape index (κ1) is 61.3. The van der Waals surface area contributed by atoms with E-state index in [-0.39, 0.29) is 97.1 Å². The van der Waals surface area contributed by atoms with Crippen LogP contribution in [0.4, 0.5) is 35.3 Å². The fourth-order valence-electron chi connectivity index (χ4n) is 5.09. The van der Waals surface area contributed by atoms with Gasteiger partial charge in [-0.15, -0.1) is 23.9 Å². The fourth-order valence-corrected chi connectivity index (χ4v) is 7.31. The van der Waals surface area contributed by atoms with Crippen LogP contribution in [0.25, 0.3) is 0 Å². The topological polar surface area (TPSA) is 289 Å².